The Balaban J connectivity index is 1.61. The first-order valence-electron chi connectivity index (χ1n) is 12.5. The number of hydrogen-bond donors (Lipinski definition) is 0. The number of hydrogen-bond acceptors (Lipinski definition) is 6. The van der Waals surface area contributed by atoms with E-state index in [0.717, 1.165) is 42.6 Å². The van der Waals surface area contributed by atoms with Gasteiger partial charge in [-0.2, -0.15) is 9.78 Å². The highest BCUT2D eigenvalue weighted by atomic mass is 16.6. The molecule has 0 aliphatic heterocycles. The molecule has 0 radical (unpaired) electrons. The van der Waals surface area contributed by atoms with Crippen molar-refractivity contribution in [1.29, 1.82) is 0 Å². The molecule has 0 N–H and O–H groups in total. The first kappa shape index (κ1) is 24.4. The molecule has 2 aromatic carbocycles. The number of nitrogens with zero attached hydrogens (tertiary/aromatic N) is 5. The van der Waals surface area contributed by atoms with Crippen LogP contribution in [0.15, 0.2) is 58.4 Å². The van der Waals surface area contributed by atoms with Gasteiger partial charge in [0, 0.05) is 22.9 Å². The van der Waals surface area contributed by atoms with Crippen molar-refractivity contribution in [1.82, 2.24) is 14.2 Å². The zero-order valence-corrected chi connectivity index (χ0v) is 21.2. The van der Waals surface area contributed by atoms with Crippen LogP contribution in [0, 0.1) is 24.0 Å². The minimum atomic E-state index is -0.415. The van der Waals surface area contributed by atoms with E-state index in [1.807, 2.05) is 42.7 Å². The molecule has 4 aromatic rings. The molecule has 0 unspecified atom stereocenters. The van der Waals surface area contributed by atoms with Gasteiger partial charge in [-0.1, -0.05) is 31.4 Å². The van der Waals surface area contributed by atoms with Gasteiger partial charge >= 0.3 is 0 Å². The van der Waals surface area contributed by atoms with Crippen LogP contribution in [0.25, 0.3) is 16.6 Å². The zero-order chi connectivity index (χ0) is 26.1. The smallest absolute Gasteiger partial charge is 0.296 e. The maximum atomic E-state index is 13.5. The quantitative estimate of drug-likeness (QED) is 0.194. The fraction of sp³-hybridized carbons (Fsp3) is 0.321. The number of nitro groups is 1. The number of ether oxygens (including phenoxy) is 1. The minimum Gasteiger partial charge on any atom is -0.496 e. The third kappa shape index (κ3) is 4.52. The molecule has 2 aromatic heterocycles. The third-order valence-electron chi connectivity index (χ3n) is 7.15. The van der Waals surface area contributed by atoms with Gasteiger partial charge in [-0.3, -0.25) is 14.9 Å². The summed E-state index contributed by atoms with van der Waals surface area (Å²) in [4.78, 5) is 29.7. The lowest BCUT2D eigenvalue weighted by Crippen LogP contribution is -2.25. The van der Waals surface area contributed by atoms with Crippen molar-refractivity contribution in [2.45, 2.75) is 51.9 Å². The molecule has 1 fully saturated rings. The number of aromatic nitrogens is 3. The maximum absolute atomic E-state index is 13.5. The summed E-state index contributed by atoms with van der Waals surface area (Å²) in [6, 6.07) is 14.1. The molecule has 9 nitrogen and oxygen atoms in total. The van der Waals surface area contributed by atoms with E-state index in [4.69, 9.17) is 9.72 Å². The molecular formula is C28H29N5O4. The standard InChI is InChI=1S/C28H29N5O4/c1-18-15-21(19(2)31(18)25-14-13-22(37-3)16-26(25)33(35)36)17-29-32-27(20-9-5-4-6-10-20)30-24-12-8-7-11-23(24)28(32)34/h7-8,11-17,20H,4-6,9-10H2,1-3H3. The van der Waals surface area contributed by atoms with Crippen molar-refractivity contribution in [3.8, 4) is 11.4 Å². The molecule has 0 bridgehead atoms. The van der Waals surface area contributed by atoms with E-state index < -0.39 is 4.92 Å². The summed E-state index contributed by atoms with van der Waals surface area (Å²) in [6.45, 7) is 3.77. The lowest BCUT2D eigenvalue weighted by atomic mass is 9.88. The van der Waals surface area contributed by atoms with Crippen LogP contribution in [0.5, 0.6) is 5.75 Å². The highest BCUT2D eigenvalue weighted by Gasteiger charge is 2.23. The van der Waals surface area contributed by atoms with Crippen LogP contribution in [0.4, 0.5) is 5.69 Å². The number of aryl methyl sites for hydroxylation is 1. The molecule has 0 saturated heterocycles. The average Bonchev–Trinajstić information content (AvgIpc) is 3.20. The van der Waals surface area contributed by atoms with Crippen molar-refractivity contribution >= 4 is 22.8 Å². The summed E-state index contributed by atoms with van der Waals surface area (Å²) in [5.41, 5.74) is 3.22. The topological polar surface area (TPSA) is 105 Å². The predicted octanol–water partition coefficient (Wildman–Crippen LogP) is 5.65. The van der Waals surface area contributed by atoms with Crippen molar-refractivity contribution in [2.24, 2.45) is 5.10 Å². The lowest BCUT2D eigenvalue weighted by Gasteiger charge is -2.22. The van der Waals surface area contributed by atoms with Gasteiger partial charge < -0.3 is 9.30 Å². The largest absolute Gasteiger partial charge is 0.496 e. The summed E-state index contributed by atoms with van der Waals surface area (Å²) < 4.78 is 8.45. The van der Waals surface area contributed by atoms with Gasteiger partial charge in [0.05, 0.1) is 35.2 Å². The van der Waals surface area contributed by atoms with E-state index in [0.29, 0.717) is 28.2 Å². The monoisotopic (exact) mass is 499 g/mol. The van der Waals surface area contributed by atoms with Gasteiger partial charge in [0.2, 0.25) is 0 Å². The van der Waals surface area contributed by atoms with Crippen molar-refractivity contribution in [2.75, 3.05) is 7.11 Å². The van der Waals surface area contributed by atoms with Crippen LogP contribution in [0.2, 0.25) is 0 Å². The SMILES string of the molecule is COc1ccc(-n2c(C)cc(C=Nn3c(C4CCCCC4)nc4ccccc4c3=O)c2C)c([N+](=O)[O-])c1. The van der Waals surface area contributed by atoms with Crippen molar-refractivity contribution < 1.29 is 9.66 Å². The van der Waals surface area contributed by atoms with E-state index in [9.17, 15) is 14.9 Å². The molecule has 1 aliphatic carbocycles. The second kappa shape index (κ2) is 10.0. The Morgan fingerprint density at radius 2 is 1.86 bits per heavy atom. The van der Waals surface area contributed by atoms with Gasteiger partial charge in [0.15, 0.2) is 0 Å². The summed E-state index contributed by atoms with van der Waals surface area (Å²) in [7, 11) is 1.48. The highest BCUT2D eigenvalue weighted by Crippen LogP contribution is 2.33. The Hall–Kier alpha value is -4.27. The fourth-order valence-corrected chi connectivity index (χ4v) is 5.25. The Bertz CT molecular complexity index is 1580. The summed E-state index contributed by atoms with van der Waals surface area (Å²) in [5.74, 6) is 1.29. The highest BCUT2D eigenvalue weighted by molar-refractivity contribution is 5.83. The number of rotatable bonds is 6. The van der Waals surface area contributed by atoms with E-state index in [1.54, 1.807) is 24.4 Å². The van der Waals surface area contributed by atoms with Crippen LogP contribution < -0.4 is 10.3 Å². The predicted molar refractivity (Wildman–Crippen MR) is 143 cm³/mol. The zero-order valence-electron chi connectivity index (χ0n) is 21.2. The van der Waals surface area contributed by atoms with Crippen LogP contribution in [0.1, 0.15) is 60.8 Å². The normalized spacial score (nSPS) is 14.5. The van der Waals surface area contributed by atoms with Gasteiger partial charge in [0.25, 0.3) is 11.2 Å². The van der Waals surface area contributed by atoms with Crippen LogP contribution in [-0.4, -0.2) is 32.5 Å². The summed E-state index contributed by atoms with van der Waals surface area (Å²) >= 11 is 0. The summed E-state index contributed by atoms with van der Waals surface area (Å²) in [6.07, 6.45) is 7.03. The van der Waals surface area contributed by atoms with Crippen LogP contribution >= 0.6 is 0 Å². The first-order chi connectivity index (χ1) is 17.9. The Morgan fingerprint density at radius 1 is 1.11 bits per heavy atom. The van der Waals surface area contributed by atoms with E-state index in [2.05, 4.69) is 5.10 Å². The maximum Gasteiger partial charge on any atom is 0.296 e. The van der Waals surface area contributed by atoms with Crippen LogP contribution in [-0.2, 0) is 0 Å². The number of methoxy groups -OCH3 is 1. The fourth-order valence-electron chi connectivity index (χ4n) is 5.25. The van der Waals surface area contributed by atoms with E-state index in [1.165, 1.54) is 24.3 Å². The molecule has 0 atom stereocenters. The minimum absolute atomic E-state index is 0.0563. The summed E-state index contributed by atoms with van der Waals surface area (Å²) in [5, 5.41) is 17.0. The Morgan fingerprint density at radius 3 is 2.59 bits per heavy atom. The molecule has 0 amide bonds. The Kier molecular flexibility index (Phi) is 6.60. The Labute approximate surface area is 214 Å². The number of benzene rings is 2. The molecule has 1 saturated carbocycles. The van der Waals surface area contributed by atoms with E-state index >= 15 is 0 Å². The second-order valence-corrected chi connectivity index (χ2v) is 9.46. The number of para-hydroxylation sites is 1. The molecule has 1 aliphatic rings. The third-order valence-corrected chi connectivity index (χ3v) is 7.15. The molecule has 0 spiro atoms. The molecule has 9 heteroatoms. The molecule has 5 rings (SSSR count). The molecule has 2 heterocycles. The molecule has 190 valence electrons. The van der Waals surface area contributed by atoms with Crippen LogP contribution in [0.3, 0.4) is 0 Å². The average molecular weight is 500 g/mol. The first-order valence-corrected chi connectivity index (χ1v) is 12.5. The molecule has 37 heavy (non-hydrogen) atoms. The number of fused-ring (bicyclic) bond motifs is 1. The lowest BCUT2D eigenvalue weighted by molar-refractivity contribution is -0.384. The van der Waals surface area contributed by atoms with E-state index in [-0.39, 0.29) is 17.2 Å². The van der Waals surface area contributed by atoms with Gasteiger partial charge in [-0.15, -0.1) is 0 Å². The molecular weight excluding hydrogens is 470 g/mol. The van der Waals surface area contributed by atoms with Crippen molar-refractivity contribution in [3.63, 3.8) is 0 Å². The van der Waals surface area contributed by atoms with Gasteiger partial charge in [-0.05, 0) is 57.0 Å². The van der Waals surface area contributed by atoms with Gasteiger partial charge in [-0.25, -0.2) is 4.98 Å². The van der Waals surface area contributed by atoms with Gasteiger partial charge in [0.1, 0.15) is 17.3 Å². The second-order valence-electron chi connectivity index (χ2n) is 9.46. The number of nitro benzene ring substituents is 1. The van der Waals surface area contributed by atoms with Crippen molar-refractivity contribution in [3.05, 3.63) is 91.8 Å².